The molecule has 1 fully saturated rings. The number of methoxy groups -OCH3 is 1. The Bertz CT molecular complexity index is 758. The molecular weight excluding hydrogens is 439 g/mol. The van der Waals surface area contributed by atoms with Crippen LogP contribution >= 0.6 is 36.2 Å². The first-order chi connectivity index (χ1) is 13.1. The fourth-order valence-electron chi connectivity index (χ4n) is 3.16. The molecular formula is C18H26Cl2N4O4S. The molecule has 162 valence electrons. The van der Waals surface area contributed by atoms with Gasteiger partial charge in [0.05, 0.1) is 25.0 Å². The lowest BCUT2D eigenvalue weighted by Crippen LogP contribution is -2.47. The van der Waals surface area contributed by atoms with E-state index in [0.717, 1.165) is 25.9 Å². The Morgan fingerprint density at radius 2 is 2.10 bits per heavy atom. The summed E-state index contributed by atoms with van der Waals surface area (Å²) in [6.45, 7) is 3.09. The lowest BCUT2D eigenvalue weighted by Gasteiger charge is -2.37. The first-order valence-electron chi connectivity index (χ1n) is 8.86. The fourth-order valence-corrected chi connectivity index (χ4v) is 3.87. The molecule has 0 spiro atoms. The van der Waals surface area contributed by atoms with E-state index in [1.165, 1.54) is 17.6 Å². The summed E-state index contributed by atoms with van der Waals surface area (Å²) in [6, 6.07) is 3.22. The number of ether oxygens (including phenoxy) is 1. The number of amides is 2. The maximum absolute atomic E-state index is 12.3. The van der Waals surface area contributed by atoms with Gasteiger partial charge in [0.15, 0.2) is 10.9 Å². The number of furan rings is 1. The molecule has 0 radical (unpaired) electrons. The normalized spacial score (nSPS) is 14.9. The highest BCUT2D eigenvalue weighted by molar-refractivity contribution is 7.14. The van der Waals surface area contributed by atoms with Crippen molar-refractivity contribution >= 4 is 53.1 Å². The van der Waals surface area contributed by atoms with Crippen molar-refractivity contribution in [3.63, 3.8) is 0 Å². The third-order valence-electron chi connectivity index (χ3n) is 4.63. The molecule has 1 saturated heterocycles. The first-order valence-corrected chi connectivity index (χ1v) is 9.74. The van der Waals surface area contributed by atoms with Gasteiger partial charge in [-0.25, -0.2) is 4.98 Å². The molecule has 0 bridgehead atoms. The molecule has 2 aromatic rings. The fraction of sp³-hybridized carbons (Fsp3) is 0.500. The molecule has 3 heterocycles. The van der Waals surface area contributed by atoms with Crippen molar-refractivity contribution in [2.75, 3.05) is 38.7 Å². The number of aromatic nitrogens is 1. The second-order valence-corrected chi connectivity index (χ2v) is 7.57. The smallest absolute Gasteiger partial charge is 0.293 e. The maximum Gasteiger partial charge on any atom is 0.293 e. The number of halogens is 2. The zero-order chi connectivity index (χ0) is 19.1. The van der Waals surface area contributed by atoms with E-state index in [1.807, 2.05) is 0 Å². The Labute approximate surface area is 186 Å². The molecule has 3 N–H and O–H groups in total. The molecule has 29 heavy (non-hydrogen) atoms. The average Bonchev–Trinajstić information content (AvgIpc) is 3.33. The van der Waals surface area contributed by atoms with E-state index in [2.05, 4.69) is 20.9 Å². The number of rotatable bonds is 8. The van der Waals surface area contributed by atoms with Crippen molar-refractivity contribution in [1.29, 1.82) is 0 Å². The van der Waals surface area contributed by atoms with Gasteiger partial charge in [-0.1, -0.05) is 0 Å². The molecule has 1 aliphatic heterocycles. The van der Waals surface area contributed by atoms with Gasteiger partial charge in [-0.15, -0.1) is 36.2 Å². The van der Waals surface area contributed by atoms with Gasteiger partial charge in [0.25, 0.3) is 5.91 Å². The maximum atomic E-state index is 12.3. The van der Waals surface area contributed by atoms with Crippen LogP contribution < -0.4 is 16.0 Å². The molecule has 2 aromatic heterocycles. The van der Waals surface area contributed by atoms with Gasteiger partial charge < -0.3 is 19.8 Å². The summed E-state index contributed by atoms with van der Waals surface area (Å²) in [5.41, 5.74) is 0.609. The second-order valence-electron chi connectivity index (χ2n) is 6.71. The largest absolute Gasteiger partial charge is 0.459 e. The van der Waals surface area contributed by atoms with Crippen LogP contribution in [0.1, 0.15) is 29.1 Å². The molecule has 0 saturated carbocycles. The summed E-state index contributed by atoms with van der Waals surface area (Å²) in [5, 5.41) is 11.2. The number of nitrogens with one attached hydrogen (secondary N) is 3. The predicted molar refractivity (Wildman–Crippen MR) is 116 cm³/mol. The summed E-state index contributed by atoms with van der Waals surface area (Å²) in [4.78, 5) is 28.6. The Balaban J connectivity index is 0.00000210. The van der Waals surface area contributed by atoms with Crippen LogP contribution in [0.3, 0.4) is 0 Å². The Hall–Kier alpha value is -1.65. The molecule has 0 unspecified atom stereocenters. The third-order valence-corrected chi connectivity index (χ3v) is 5.44. The molecule has 11 heteroatoms. The van der Waals surface area contributed by atoms with Crippen LogP contribution in [0.25, 0.3) is 0 Å². The lowest BCUT2D eigenvalue weighted by molar-refractivity contribution is -0.121. The highest BCUT2D eigenvalue weighted by Crippen LogP contribution is 2.28. The monoisotopic (exact) mass is 464 g/mol. The first kappa shape index (κ1) is 25.4. The van der Waals surface area contributed by atoms with Crippen molar-refractivity contribution in [3.05, 3.63) is 35.2 Å². The number of carbonyl (C=O) groups is 2. The van der Waals surface area contributed by atoms with E-state index < -0.39 is 0 Å². The zero-order valence-electron chi connectivity index (χ0n) is 16.1. The molecule has 0 atom stereocenters. The second kappa shape index (κ2) is 12.1. The number of hydrogen-bond acceptors (Lipinski definition) is 7. The van der Waals surface area contributed by atoms with Crippen molar-refractivity contribution < 1.29 is 18.7 Å². The van der Waals surface area contributed by atoms with Crippen LogP contribution in [0.2, 0.25) is 0 Å². The number of hydrogen-bond donors (Lipinski definition) is 3. The van der Waals surface area contributed by atoms with Crippen LogP contribution in [-0.4, -0.2) is 50.1 Å². The zero-order valence-corrected chi connectivity index (χ0v) is 18.5. The van der Waals surface area contributed by atoms with Crippen molar-refractivity contribution in [1.82, 2.24) is 15.6 Å². The van der Waals surface area contributed by atoms with Gasteiger partial charge in [0.2, 0.25) is 5.91 Å². The van der Waals surface area contributed by atoms with E-state index >= 15 is 0 Å². The molecule has 0 aromatic carbocycles. The van der Waals surface area contributed by atoms with Crippen LogP contribution in [0.15, 0.2) is 28.2 Å². The molecule has 0 aliphatic carbocycles. The average molecular weight is 465 g/mol. The number of nitrogens with zero attached hydrogens (tertiary/aromatic N) is 1. The molecule has 8 nitrogen and oxygen atoms in total. The molecule has 2 amide bonds. The SMILES string of the molecule is COCC1(CNC(=O)Cc2csc(NC(=O)c3ccco3)n2)CCNCC1.Cl.Cl. The highest BCUT2D eigenvalue weighted by atomic mass is 35.5. The summed E-state index contributed by atoms with van der Waals surface area (Å²) in [7, 11) is 1.69. The van der Waals surface area contributed by atoms with Crippen LogP contribution in [-0.2, 0) is 16.0 Å². The number of piperidine rings is 1. The number of carbonyl (C=O) groups excluding carboxylic acids is 2. The summed E-state index contributed by atoms with van der Waals surface area (Å²) >= 11 is 1.28. The summed E-state index contributed by atoms with van der Waals surface area (Å²) in [5.74, 6) is -0.231. The van der Waals surface area contributed by atoms with Crippen LogP contribution in [0.5, 0.6) is 0 Å². The van der Waals surface area contributed by atoms with Gasteiger partial charge >= 0.3 is 0 Å². The number of anilines is 1. The molecule has 3 rings (SSSR count). The van der Waals surface area contributed by atoms with E-state index in [4.69, 9.17) is 9.15 Å². The van der Waals surface area contributed by atoms with Gasteiger partial charge in [-0.05, 0) is 38.1 Å². The quantitative estimate of drug-likeness (QED) is 0.554. The van der Waals surface area contributed by atoms with E-state index in [0.29, 0.717) is 24.0 Å². The van der Waals surface area contributed by atoms with E-state index in [9.17, 15) is 9.59 Å². The third kappa shape index (κ3) is 7.27. The minimum atomic E-state index is -0.363. The van der Waals surface area contributed by atoms with Crippen molar-refractivity contribution in [3.8, 4) is 0 Å². The van der Waals surface area contributed by atoms with Gasteiger partial charge in [0, 0.05) is 24.4 Å². The van der Waals surface area contributed by atoms with Crippen molar-refractivity contribution in [2.24, 2.45) is 5.41 Å². The lowest BCUT2D eigenvalue weighted by atomic mass is 9.79. The van der Waals surface area contributed by atoms with E-state index in [1.54, 1.807) is 24.6 Å². The highest BCUT2D eigenvalue weighted by Gasteiger charge is 2.32. The Kier molecular flexibility index (Phi) is 10.6. The topological polar surface area (TPSA) is 105 Å². The molecule has 1 aliphatic rings. The van der Waals surface area contributed by atoms with Gasteiger partial charge in [-0.2, -0.15) is 0 Å². The van der Waals surface area contributed by atoms with E-state index in [-0.39, 0.29) is 54.2 Å². The van der Waals surface area contributed by atoms with Gasteiger partial charge in [-0.3, -0.25) is 14.9 Å². The number of thiazole rings is 1. The van der Waals surface area contributed by atoms with Crippen LogP contribution in [0.4, 0.5) is 5.13 Å². The minimum absolute atomic E-state index is 0. The Morgan fingerprint density at radius 3 is 2.76 bits per heavy atom. The predicted octanol–water partition coefficient (Wildman–Crippen LogP) is 2.51. The Morgan fingerprint density at radius 1 is 1.34 bits per heavy atom. The summed E-state index contributed by atoms with van der Waals surface area (Å²) in [6.07, 6.45) is 3.56. The standard InChI is InChI=1S/C18H24N4O4S.2ClH/c1-25-12-18(4-6-19-7-5-18)11-20-15(23)9-13-10-27-17(21-13)22-16(24)14-3-2-8-26-14;;/h2-3,8,10,19H,4-7,9,11-12H2,1H3,(H,20,23)(H,21,22,24);2*1H. The van der Waals surface area contributed by atoms with Gasteiger partial charge in [0.1, 0.15) is 0 Å². The van der Waals surface area contributed by atoms with Crippen molar-refractivity contribution in [2.45, 2.75) is 19.3 Å². The minimum Gasteiger partial charge on any atom is -0.459 e. The summed E-state index contributed by atoms with van der Waals surface area (Å²) < 4.78 is 10.4. The van der Waals surface area contributed by atoms with Crippen LogP contribution in [0, 0.1) is 5.41 Å².